The van der Waals surface area contributed by atoms with Gasteiger partial charge in [0.05, 0.1) is 12.0 Å². The largest absolute Gasteiger partial charge is 0.466 e. The van der Waals surface area contributed by atoms with Crippen molar-refractivity contribution in [2.45, 2.75) is 40.0 Å². The molecule has 3 rings (SSSR count). The van der Waals surface area contributed by atoms with Crippen LogP contribution in [0.4, 0.5) is 10.5 Å². The third kappa shape index (κ3) is 4.78. The summed E-state index contributed by atoms with van der Waals surface area (Å²) < 4.78 is 5.44. The molecule has 5 nitrogen and oxygen atoms in total. The van der Waals surface area contributed by atoms with Crippen molar-refractivity contribution in [3.05, 3.63) is 65.2 Å². The maximum absolute atomic E-state index is 13.0. The average Bonchev–Trinajstić information content (AvgIpc) is 2.72. The van der Waals surface area contributed by atoms with Crippen molar-refractivity contribution in [3.63, 3.8) is 0 Å². The molecule has 1 aliphatic rings. The van der Waals surface area contributed by atoms with Gasteiger partial charge >= 0.3 is 12.0 Å². The molecule has 2 aromatic carbocycles. The Bertz CT molecular complexity index is 866. The van der Waals surface area contributed by atoms with Gasteiger partial charge < -0.3 is 15.0 Å². The minimum absolute atomic E-state index is 0.167. The van der Waals surface area contributed by atoms with E-state index in [0.29, 0.717) is 32.5 Å². The molecule has 2 amide bonds. The van der Waals surface area contributed by atoms with Gasteiger partial charge in [-0.2, -0.15) is 0 Å². The molecule has 5 heteroatoms. The van der Waals surface area contributed by atoms with Crippen molar-refractivity contribution in [2.75, 3.05) is 25.0 Å². The van der Waals surface area contributed by atoms with Gasteiger partial charge in [-0.25, -0.2) is 4.79 Å². The summed E-state index contributed by atoms with van der Waals surface area (Å²) >= 11 is 0. The lowest BCUT2D eigenvalue weighted by atomic mass is 9.75. The van der Waals surface area contributed by atoms with Crippen LogP contribution in [0.25, 0.3) is 0 Å². The highest BCUT2D eigenvalue weighted by Crippen LogP contribution is 2.35. The fraction of sp³-hybridized carbons (Fsp3) is 0.417. The molecule has 1 heterocycles. The first-order chi connectivity index (χ1) is 13.9. The van der Waals surface area contributed by atoms with Crippen LogP contribution in [0.5, 0.6) is 0 Å². The van der Waals surface area contributed by atoms with Crippen molar-refractivity contribution >= 4 is 17.7 Å². The van der Waals surface area contributed by atoms with Crippen LogP contribution in [0, 0.1) is 19.3 Å². The van der Waals surface area contributed by atoms with Gasteiger partial charge in [-0.05, 0) is 62.8 Å². The van der Waals surface area contributed by atoms with Crippen LogP contribution in [0.2, 0.25) is 0 Å². The van der Waals surface area contributed by atoms with Crippen LogP contribution in [0.1, 0.15) is 36.5 Å². The van der Waals surface area contributed by atoms with Gasteiger partial charge in [0, 0.05) is 18.8 Å². The smallest absolute Gasteiger partial charge is 0.321 e. The average molecular weight is 395 g/mol. The van der Waals surface area contributed by atoms with Crippen LogP contribution >= 0.6 is 0 Å². The van der Waals surface area contributed by atoms with Crippen LogP contribution in [-0.4, -0.2) is 36.6 Å². The van der Waals surface area contributed by atoms with E-state index in [4.69, 9.17) is 4.74 Å². The Morgan fingerprint density at radius 2 is 1.86 bits per heavy atom. The standard InChI is InChI=1S/C24H30N2O3/c1-4-29-22(27)24(16-20-11-6-5-7-12-20)14-9-15-26(17-24)23(28)25-21-13-8-10-18(2)19(21)3/h5-8,10-13H,4,9,14-17H2,1-3H3,(H,25,28). The molecule has 1 atom stereocenters. The molecule has 0 aromatic heterocycles. The summed E-state index contributed by atoms with van der Waals surface area (Å²) in [6, 6.07) is 15.7. The molecular weight excluding hydrogens is 364 g/mol. The number of urea groups is 1. The molecule has 1 saturated heterocycles. The Balaban J connectivity index is 1.81. The number of carbonyl (C=O) groups excluding carboxylic acids is 2. The number of carbonyl (C=O) groups is 2. The summed E-state index contributed by atoms with van der Waals surface area (Å²) in [5.74, 6) is -0.215. The second kappa shape index (κ2) is 9.12. The number of rotatable bonds is 5. The van der Waals surface area contributed by atoms with E-state index in [1.54, 1.807) is 4.90 Å². The molecule has 2 aromatic rings. The third-order valence-corrected chi connectivity index (χ3v) is 5.80. The molecule has 29 heavy (non-hydrogen) atoms. The fourth-order valence-electron chi connectivity index (χ4n) is 4.04. The summed E-state index contributed by atoms with van der Waals surface area (Å²) in [6.45, 7) is 7.17. The van der Waals surface area contributed by atoms with E-state index in [-0.39, 0.29) is 12.0 Å². The summed E-state index contributed by atoms with van der Waals surface area (Å²) in [4.78, 5) is 27.7. The number of amides is 2. The van der Waals surface area contributed by atoms with Gasteiger partial charge in [0.25, 0.3) is 0 Å². The lowest BCUT2D eigenvalue weighted by molar-refractivity contribution is -0.158. The van der Waals surface area contributed by atoms with Gasteiger partial charge in [0.1, 0.15) is 0 Å². The minimum Gasteiger partial charge on any atom is -0.466 e. The van der Waals surface area contributed by atoms with E-state index in [9.17, 15) is 9.59 Å². The summed E-state index contributed by atoms with van der Waals surface area (Å²) in [6.07, 6.45) is 2.06. The zero-order chi connectivity index (χ0) is 20.9. The molecular formula is C24H30N2O3. The number of esters is 1. The van der Waals surface area contributed by atoms with Gasteiger partial charge in [0.15, 0.2) is 0 Å². The zero-order valence-electron chi connectivity index (χ0n) is 17.5. The van der Waals surface area contributed by atoms with E-state index in [2.05, 4.69) is 5.32 Å². The van der Waals surface area contributed by atoms with Crippen LogP contribution in [0.15, 0.2) is 48.5 Å². The predicted octanol–water partition coefficient (Wildman–Crippen LogP) is 4.72. The quantitative estimate of drug-likeness (QED) is 0.746. The number of anilines is 1. The Labute approximate surface area is 173 Å². The van der Waals surface area contributed by atoms with Crippen molar-refractivity contribution in [3.8, 4) is 0 Å². The molecule has 0 spiro atoms. The van der Waals surface area contributed by atoms with E-state index < -0.39 is 5.41 Å². The van der Waals surface area contributed by atoms with E-state index in [1.165, 1.54) is 0 Å². The number of benzene rings is 2. The number of nitrogens with one attached hydrogen (secondary N) is 1. The summed E-state index contributed by atoms with van der Waals surface area (Å²) in [5, 5.41) is 3.03. The maximum Gasteiger partial charge on any atom is 0.321 e. The fourth-order valence-corrected chi connectivity index (χ4v) is 4.04. The Morgan fingerprint density at radius 1 is 1.10 bits per heavy atom. The van der Waals surface area contributed by atoms with Crippen LogP contribution in [0.3, 0.4) is 0 Å². The normalized spacial score (nSPS) is 18.9. The van der Waals surface area contributed by atoms with Crippen LogP contribution in [-0.2, 0) is 16.0 Å². The number of aryl methyl sites for hydroxylation is 1. The first-order valence-electron chi connectivity index (χ1n) is 10.3. The molecule has 0 radical (unpaired) electrons. The minimum atomic E-state index is -0.714. The Hall–Kier alpha value is -2.82. The Kier molecular flexibility index (Phi) is 6.57. The SMILES string of the molecule is CCOC(=O)C1(Cc2ccccc2)CCCN(C(=O)Nc2cccc(C)c2C)C1. The summed E-state index contributed by atoms with van der Waals surface area (Å²) in [7, 11) is 0. The number of hydrogen-bond donors (Lipinski definition) is 1. The highest BCUT2D eigenvalue weighted by Gasteiger charge is 2.44. The van der Waals surface area contributed by atoms with Crippen LogP contribution < -0.4 is 5.32 Å². The molecule has 0 bridgehead atoms. The Morgan fingerprint density at radius 3 is 2.59 bits per heavy atom. The van der Waals surface area contributed by atoms with Gasteiger partial charge in [-0.1, -0.05) is 42.5 Å². The van der Waals surface area contributed by atoms with E-state index in [0.717, 1.165) is 28.8 Å². The van der Waals surface area contributed by atoms with Crippen molar-refractivity contribution < 1.29 is 14.3 Å². The highest BCUT2D eigenvalue weighted by molar-refractivity contribution is 5.91. The molecule has 1 unspecified atom stereocenters. The lowest BCUT2D eigenvalue weighted by Gasteiger charge is -2.41. The molecule has 0 saturated carbocycles. The van der Waals surface area contributed by atoms with Gasteiger partial charge in [-0.3, -0.25) is 4.79 Å². The first-order valence-corrected chi connectivity index (χ1v) is 10.3. The molecule has 1 N–H and O–H groups in total. The molecule has 154 valence electrons. The van der Waals surface area contributed by atoms with Crippen molar-refractivity contribution in [2.24, 2.45) is 5.41 Å². The van der Waals surface area contributed by atoms with Crippen molar-refractivity contribution in [1.29, 1.82) is 0 Å². The molecule has 0 aliphatic carbocycles. The number of hydrogen-bond acceptors (Lipinski definition) is 3. The predicted molar refractivity (Wildman–Crippen MR) is 115 cm³/mol. The molecule has 1 fully saturated rings. The topological polar surface area (TPSA) is 58.6 Å². The molecule has 1 aliphatic heterocycles. The zero-order valence-corrected chi connectivity index (χ0v) is 17.5. The number of ether oxygens (including phenoxy) is 1. The first kappa shape index (κ1) is 20.9. The van der Waals surface area contributed by atoms with Gasteiger partial charge in [-0.15, -0.1) is 0 Å². The highest BCUT2D eigenvalue weighted by atomic mass is 16.5. The maximum atomic E-state index is 13.0. The van der Waals surface area contributed by atoms with Gasteiger partial charge in [0.2, 0.25) is 0 Å². The summed E-state index contributed by atoms with van der Waals surface area (Å²) in [5.41, 5.74) is 3.36. The monoisotopic (exact) mass is 394 g/mol. The van der Waals surface area contributed by atoms with Crippen molar-refractivity contribution in [1.82, 2.24) is 4.90 Å². The third-order valence-electron chi connectivity index (χ3n) is 5.80. The van der Waals surface area contributed by atoms with E-state index in [1.807, 2.05) is 69.3 Å². The number of nitrogens with zero attached hydrogens (tertiary/aromatic N) is 1. The number of piperidine rings is 1. The second-order valence-electron chi connectivity index (χ2n) is 7.87. The number of likely N-dealkylation sites (tertiary alicyclic amines) is 1. The second-order valence-corrected chi connectivity index (χ2v) is 7.87. The van der Waals surface area contributed by atoms with E-state index >= 15 is 0 Å². The lowest BCUT2D eigenvalue weighted by Crippen LogP contribution is -2.52.